The average Bonchev–Trinajstić information content (AvgIpc) is 2.49. The summed E-state index contributed by atoms with van der Waals surface area (Å²) in [4.78, 5) is 0. The summed E-state index contributed by atoms with van der Waals surface area (Å²) < 4.78 is 1.82. The quantitative estimate of drug-likeness (QED) is 0.792. The highest BCUT2D eigenvalue weighted by atomic mass is 35.5. The molecule has 0 bridgehead atoms. The molecule has 0 amide bonds. The number of nitrogens with zero attached hydrogens (tertiary/aromatic N) is 2. The van der Waals surface area contributed by atoms with E-state index in [1.165, 1.54) is 0 Å². The molecule has 13 heavy (non-hydrogen) atoms. The Balaban J connectivity index is 2.55. The Bertz CT molecular complexity index is 422. The summed E-state index contributed by atoms with van der Waals surface area (Å²) in [7, 11) is 0. The number of fused-ring (bicyclic) bond motifs is 1. The van der Waals surface area contributed by atoms with Gasteiger partial charge in [-0.3, -0.25) is 4.68 Å². The summed E-state index contributed by atoms with van der Waals surface area (Å²) in [5.41, 5.74) is 6.34. The number of nitrogens with two attached hydrogens (primary N) is 1. The molecule has 2 aromatic rings. The topological polar surface area (TPSA) is 43.8 Å². The number of hydrogen-bond acceptors (Lipinski definition) is 2. The van der Waals surface area contributed by atoms with Gasteiger partial charge >= 0.3 is 0 Å². The van der Waals surface area contributed by atoms with E-state index in [1.54, 1.807) is 0 Å². The molecule has 2 rings (SSSR count). The molecule has 0 spiro atoms. The lowest BCUT2D eigenvalue weighted by molar-refractivity contribution is 0.632. The van der Waals surface area contributed by atoms with Gasteiger partial charge in [0.1, 0.15) is 0 Å². The van der Waals surface area contributed by atoms with E-state index in [0.717, 1.165) is 22.5 Å². The van der Waals surface area contributed by atoms with E-state index in [9.17, 15) is 0 Å². The summed E-state index contributed by atoms with van der Waals surface area (Å²) in [5.74, 6) is 0. The first-order chi connectivity index (χ1) is 6.31. The standard InChI is InChI=1S/C9H10ClN3/c10-8-2-1-3-9-7(8)6-13(12-9)5-4-11/h1-3,6H,4-5,11H2. The van der Waals surface area contributed by atoms with Crippen LogP contribution in [-0.4, -0.2) is 16.3 Å². The maximum absolute atomic E-state index is 5.99. The minimum Gasteiger partial charge on any atom is -0.329 e. The zero-order valence-corrected chi connectivity index (χ0v) is 7.83. The Morgan fingerprint density at radius 3 is 3.00 bits per heavy atom. The van der Waals surface area contributed by atoms with Crippen LogP contribution in [0.3, 0.4) is 0 Å². The molecule has 1 heterocycles. The summed E-state index contributed by atoms with van der Waals surface area (Å²) in [6.07, 6.45) is 1.92. The number of halogens is 1. The average molecular weight is 196 g/mol. The summed E-state index contributed by atoms with van der Waals surface area (Å²) in [5, 5.41) is 6.04. The van der Waals surface area contributed by atoms with Gasteiger partial charge in [0, 0.05) is 18.1 Å². The fraction of sp³-hybridized carbons (Fsp3) is 0.222. The second-order valence-electron chi connectivity index (χ2n) is 2.85. The van der Waals surface area contributed by atoms with Crippen LogP contribution in [0.4, 0.5) is 0 Å². The normalized spacial score (nSPS) is 10.9. The molecule has 2 N–H and O–H groups in total. The zero-order valence-electron chi connectivity index (χ0n) is 7.07. The van der Waals surface area contributed by atoms with Crippen LogP contribution in [0.5, 0.6) is 0 Å². The molecule has 0 saturated carbocycles. The SMILES string of the molecule is NCCn1cc2c(Cl)cccc2n1. The van der Waals surface area contributed by atoms with E-state index in [2.05, 4.69) is 5.10 Å². The Hall–Kier alpha value is -1.06. The van der Waals surface area contributed by atoms with Gasteiger partial charge in [0.05, 0.1) is 17.1 Å². The molecule has 0 fully saturated rings. The summed E-state index contributed by atoms with van der Waals surface area (Å²) in [6.45, 7) is 1.32. The van der Waals surface area contributed by atoms with Crippen LogP contribution in [0.25, 0.3) is 10.9 Å². The molecule has 68 valence electrons. The van der Waals surface area contributed by atoms with Crippen LogP contribution in [0.2, 0.25) is 5.02 Å². The van der Waals surface area contributed by atoms with Gasteiger partial charge in [-0.15, -0.1) is 0 Å². The smallest absolute Gasteiger partial charge is 0.0938 e. The van der Waals surface area contributed by atoms with Gasteiger partial charge in [-0.05, 0) is 12.1 Å². The van der Waals surface area contributed by atoms with Gasteiger partial charge in [0.15, 0.2) is 0 Å². The number of hydrogen-bond donors (Lipinski definition) is 1. The fourth-order valence-corrected chi connectivity index (χ4v) is 1.52. The maximum Gasteiger partial charge on any atom is 0.0938 e. The fourth-order valence-electron chi connectivity index (χ4n) is 1.30. The first-order valence-corrected chi connectivity index (χ1v) is 4.51. The van der Waals surface area contributed by atoms with Crippen molar-refractivity contribution < 1.29 is 0 Å². The van der Waals surface area contributed by atoms with Crippen LogP contribution in [0, 0.1) is 0 Å². The molecule has 0 aliphatic heterocycles. The van der Waals surface area contributed by atoms with E-state index in [0.29, 0.717) is 6.54 Å². The van der Waals surface area contributed by atoms with Gasteiger partial charge in [-0.1, -0.05) is 17.7 Å². The van der Waals surface area contributed by atoms with E-state index in [1.807, 2.05) is 29.1 Å². The second kappa shape index (κ2) is 3.36. The molecule has 0 unspecified atom stereocenters. The van der Waals surface area contributed by atoms with Crippen molar-refractivity contribution in [3.05, 3.63) is 29.4 Å². The first-order valence-electron chi connectivity index (χ1n) is 4.13. The van der Waals surface area contributed by atoms with Crippen LogP contribution < -0.4 is 5.73 Å². The van der Waals surface area contributed by atoms with Crippen molar-refractivity contribution in [2.75, 3.05) is 6.54 Å². The third-order valence-electron chi connectivity index (χ3n) is 1.90. The Morgan fingerprint density at radius 2 is 2.31 bits per heavy atom. The summed E-state index contributed by atoms with van der Waals surface area (Å²) in [6, 6.07) is 5.69. The van der Waals surface area contributed by atoms with Gasteiger partial charge in [-0.25, -0.2) is 0 Å². The van der Waals surface area contributed by atoms with Crippen molar-refractivity contribution in [3.63, 3.8) is 0 Å². The Kier molecular flexibility index (Phi) is 2.20. The van der Waals surface area contributed by atoms with Gasteiger partial charge in [-0.2, -0.15) is 5.10 Å². The predicted octanol–water partition coefficient (Wildman–Crippen LogP) is 1.65. The molecule has 0 aliphatic carbocycles. The number of aromatic nitrogens is 2. The molecule has 0 atom stereocenters. The van der Waals surface area contributed by atoms with Crippen molar-refractivity contribution >= 4 is 22.5 Å². The van der Waals surface area contributed by atoms with Crippen LogP contribution in [-0.2, 0) is 6.54 Å². The maximum atomic E-state index is 5.99. The van der Waals surface area contributed by atoms with Crippen LogP contribution >= 0.6 is 11.6 Å². The van der Waals surface area contributed by atoms with Crippen molar-refractivity contribution in [1.82, 2.24) is 9.78 Å². The van der Waals surface area contributed by atoms with Gasteiger partial charge in [0.2, 0.25) is 0 Å². The van der Waals surface area contributed by atoms with Gasteiger partial charge in [0.25, 0.3) is 0 Å². The summed E-state index contributed by atoms with van der Waals surface area (Å²) >= 11 is 5.99. The number of rotatable bonds is 2. The van der Waals surface area contributed by atoms with Crippen molar-refractivity contribution in [2.24, 2.45) is 5.73 Å². The van der Waals surface area contributed by atoms with Crippen LogP contribution in [0.1, 0.15) is 0 Å². The third-order valence-corrected chi connectivity index (χ3v) is 2.23. The molecule has 4 heteroatoms. The van der Waals surface area contributed by atoms with Crippen LogP contribution in [0.15, 0.2) is 24.4 Å². The lowest BCUT2D eigenvalue weighted by Gasteiger charge is -1.93. The number of benzene rings is 1. The Morgan fingerprint density at radius 1 is 1.46 bits per heavy atom. The van der Waals surface area contributed by atoms with Crippen molar-refractivity contribution in [3.8, 4) is 0 Å². The molecular formula is C9H10ClN3. The highest BCUT2D eigenvalue weighted by Crippen LogP contribution is 2.21. The molecule has 1 aromatic carbocycles. The van der Waals surface area contributed by atoms with Crippen molar-refractivity contribution in [2.45, 2.75) is 6.54 Å². The third kappa shape index (κ3) is 1.53. The molecular weight excluding hydrogens is 186 g/mol. The Labute approximate surface area is 81.1 Å². The monoisotopic (exact) mass is 195 g/mol. The van der Waals surface area contributed by atoms with Crippen molar-refractivity contribution in [1.29, 1.82) is 0 Å². The predicted molar refractivity (Wildman–Crippen MR) is 53.8 cm³/mol. The molecule has 0 radical (unpaired) electrons. The molecule has 3 nitrogen and oxygen atoms in total. The molecule has 0 saturated heterocycles. The van der Waals surface area contributed by atoms with E-state index < -0.39 is 0 Å². The highest BCUT2D eigenvalue weighted by Gasteiger charge is 2.02. The van der Waals surface area contributed by atoms with E-state index in [-0.39, 0.29) is 0 Å². The van der Waals surface area contributed by atoms with E-state index in [4.69, 9.17) is 17.3 Å². The van der Waals surface area contributed by atoms with Gasteiger partial charge < -0.3 is 5.73 Å². The lowest BCUT2D eigenvalue weighted by Crippen LogP contribution is -2.09. The highest BCUT2D eigenvalue weighted by molar-refractivity contribution is 6.35. The van der Waals surface area contributed by atoms with E-state index >= 15 is 0 Å². The molecule has 1 aromatic heterocycles. The lowest BCUT2D eigenvalue weighted by atomic mass is 10.3. The first kappa shape index (κ1) is 8.53. The minimum atomic E-state index is 0.589. The zero-order chi connectivity index (χ0) is 9.26. The minimum absolute atomic E-state index is 0.589. The largest absolute Gasteiger partial charge is 0.329 e. The molecule has 0 aliphatic rings. The second-order valence-corrected chi connectivity index (χ2v) is 3.26.